The van der Waals surface area contributed by atoms with E-state index in [2.05, 4.69) is 5.32 Å². The average molecular weight is 344 g/mol. The number of carbonyl (C=O) groups excluding carboxylic acids is 2. The minimum Gasteiger partial charge on any atom is -0.464 e. The Bertz CT molecular complexity index is 538. The molecule has 128 valence electrons. The molecule has 2 N–H and O–H groups in total. The van der Waals surface area contributed by atoms with Crippen LogP contribution in [0.2, 0.25) is 5.02 Å². The second-order valence-electron chi connectivity index (χ2n) is 5.87. The number of halogens is 1. The lowest BCUT2D eigenvalue weighted by atomic mass is 10.0. The van der Waals surface area contributed by atoms with Crippen molar-refractivity contribution in [3.8, 4) is 0 Å². The van der Waals surface area contributed by atoms with E-state index in [1.807, 2.05) is 0 Å². The monoisotopic (exact) mass is 343 g/mol. The predicted octanol–water partition coefficient (Wildman–Crippen LogP) is 2.83. The number of hydrogen-bond donors (Lipinski definition) is 2. The van der Waals surface area contributed by atoms with Crippen LogP contribution in [0.25, 0.3) is 0 Å². The lowest BCUT2D eigenvalue weighted by Crippen LogP contribution is -2.43. The highest BCUT2D eigenvalue weighted by Crippen LogP contribution is 2.21. The highest BCUT2D eigenvalue weighted by molar-refractivity contribution is 6.30. The fourth-order valence-electron chi connectivity index (χ4n) is 1.81. The number of carbonyl (C=O) groups is 2. The number of nitrogens with one attached hydrogen (secondary N) is 1. The lowest BCUT2D eigenvalue weighted by Gasteiger charge is -2.26. The van der Waals surface area contributed by atoms with Gasteiger partial charge in [0.25, 0.3) is 0 Å². The molecule has 0 aliphatic heterocycles. The van der Waals surface area contributed by atoms with Crippen molar-refractivity contribution in [2.24, 2.45) is 0 Å². The van der Waals surface area contributed by atoms with E-state index in [1.165, 1.54) is 0 Å². The summed E-state index contributed by atoms with van der Waals surface area (Å²) < 4.78 is 9.97. The highest BCUT2D eigenvalue weighted by Gasteiger charge is 2.31. The molecule has 1 aromatic carbocycles. The number of aliphatic hydroxyl groups excluding tert-OH is 1. The van der Waals surface area contributed by atoms with Crippen LogP contribution in [0.4, 0.5) is 4.79 Å². The second-order valence-corrected chi connectivity index (χ2v) is 6.31. The summed E-state index contributed by atoms with van der Waals surface area (Å²) in [4.78, 5) is 23.8. The Hall–Kier alpha value is -1.79. The van der Waals surface area contributed by atoms with Crippen molar-refractivity contribution < 1.29 is 24.2 Å². The van der Waals surface area contributed by atoms with Crippen molar-refractivity contribution in [2.75, 3.05) is 6.61 Å². The molecule has 0 fully saturated rings. The first-order valence-corrected chi connectivity index (χ1v) is 7.61. The van der Waals surface area contributed by atoms with Crippen LogP contribution in [0, 0.1) is 0 Å². The topological polar surface area (TPSA) is 84.9 Å². The number of benzene rings is 1. The van der Waals surface area contributed by atoms with Gasteiger partial charge in [0.2, 0.25) is 0 Å². The molecule has 0 unspecified atom stereocenters. The van der Waals surface area contributed by atoms with Gasteiger partial charge >= 0.3 is 12.1 Å². The minimum absolute atomic E-state index is 0.121. The van der Waals surface area contributed by atoms with Gasteiger partial charge in [-0.2, -0.15) is 0 Å². The van der Waals surface area contributed by atoms with Gasteiger partial charge < -0.3 is 19.9 Å². The largest absolute Gasteiger partial charge is 0.464 e. The molecule has 23 heavy (non-hydrogen) atoms. The van der Waals surface area contributed by atoms with Gasteiger partial charge in [0.15, 0.2) is 6.10 Å². The molecule has 0 aliphatic carbocycles. The van der Waals surface area contributed by atoms with E-state index in [0.717, 1.165) is 0 Å². The Morgan fingerprint density at radius 3 is 2.30 bits per heavy atom. The number of ether oxygens (including phenoxy) is 2. The molecule has 6 nitrogen and oxygen atoms in total. The Kier molecular flexibility index (Phi) is 6.84. The zero-order valence-corrected chi connectivity index (χ0v) is 14.4. The zero-order chi connectivity index (χ0) is 17.6. The van der Waals surface area contributed by atoms with Crippen molar-refractivity contribution in [3.05, 3.63) is 34.9 Å². The summed E-state index contributed by atoms with van der Waals surface area (Å²) in [5.74, 6) is -0.830. The number of amides is 1. The smallest absolute Gasteiger partial charge is 0.408 e. The minimum atomic E-state index is -1.57. The quantitative estimate of drug-likeness (QED) is 0.803. The molecule has 0 spiro atoms. The molecule has 0 saturated heterocycles. The van der Waals surface area contributed by atoms with Gasteiger partial charge in [-0.25, -0.2) is 9.59 Å². The SMILES string of the molecule is CCOC(=O)[C@H](O)[C@H](NC(=O)OC(C)(C)C)c1ccc(Cl)cc1. The Labute approximate surface area is 140 Å². The van der Waals surface area contributed by atoms with Gasteiger partial charge in [0.1, 0.15) is 5.60 Å². The third-order valence-corrected chi connectivity index (χ3v) is 3.00. The van der Waals surface area contributed by atoms with Crippen LogP contribution in [0.5, 0.6) is 0 Å². The Morgan fingerprint density at radius 1 is 1.26 bits per heavy atom. The molecule has 0 aliphatic rings. The van der Waals surface area contributed by atoms with Crippen LogP contribution in [-0.4, -0.2) is 35.5 Å². The van der Waals surface area contributed by atoms with Crippen LogP contribution in [0.15, 0.2) is 24.3 Å². The molecular formula is C16H22ClNO5. The van der Waals surface area contributed by atoms with Gasteiger partial charge in [0.05, 0.1) is 12.6 Å². The third kappa shape index (κ3) is 6.46. The maximum absolute atomic E-state index is 12.0. The van der Waals surface area contributed by atoms with E-state index in [1.54, 1.807) is 52.0 Å². The summed E-state index contributed by atoms with van der Waals surface area (Å²) in [6, 6.07) is 5.39. The standard InChI is InChI=1S/C16H22ClNO5/c1-5-22-14(20)13(19)12(10-6-8-11(17)9-7-10)18-15(21)23-16(2,3)4/h6-9,12-13,19H,5H2,1-4H3,(H,18,21)/t12-,13-/m1/s1. The van der Waals surface area contributed by atoms with Crippen molar-refractivity contribution in [1.82, 2.24) is 5.32 Å². The van der Waals surface area contributed by atoms with Crippen molar-refractivity contribution in [3.63, 3.8) is 0 Å². The summed E-state index contributed by atoms with van der Waals surface area (Å²) >= 11 is 5.83. The highest BCUT2D eigenvalue weighted by atomic mass is 35.5. The predicted molar refractivity (Wildman–Crippen MR) is 86.2 cm³/mol. The van der Waals surface area contributed by atoms with Gasteiger partial charge in [-0.1, -0.05) is 23.7 Å². The summed E-state index contributed by atoms with van der Waals surface area (Å²) in [6.07, 6.45) is -2.32. The molecular weight excluding hydrogens is 322 g/mol. The number of esters is 1. The first-order chi connectivity index (χ1) is 10.6. The lowest BCUT2D eigenvalue weighted by molar-refractivity contribution is -0.154. The number of rotatable bonds is 5. The molecule has 7 heteroatoms. The molecule has 0 heterocycles. The first kappa shape index (κ1) is 19.3. The van der Waals surface area contributed by atoms with Gasteiger partial charge in [0, 0.05) is 5.02 Å². The third-order valence-electron chi connectivity index (χ3n) is 2.75. The first-order valence-electron chi connectivity index (χ1n) is 7.23. The van der Waals surface area contributed by atoms with Gasteiger partial charge in [-0.05, 0) is 45.4 Å². The number of hydrogen-bond acceptors (Lipinski definition) is 5. The van der Waals surface area contributed by atoms with E-state index in [4.69, 9.17) is 21.1 Å². The average Bonchev–Trinajstić information content (AvgIpc) is 2.43. The van der Waals surface area contributed by atoms with Crippen molar-refractivity contribution in [2.45, 2.75) is 45.4 Å². The summed E-state index contributed by atoms with van der Waals surface area (Å²) in [5, 5.41) is 13.2. The van der Waals surface area contributed by atoms with E-state index in [0.29, 0.717) is 10.6 Å². The van der Waals surface area contributed by atoms with E-state index < -0.39 is 29.8 Å². The molecule has 0 radical (unpaired) electrons. The molecule has 0 bridgehead atoms. The van der Waals surface area contributed by atoms with Crippen molar-refractivity contribution >= 4 is 23.7 Å². The van der Waals surface area contributed by atoms with Crippen LogP contribution in [0.1, 0.15) is 39.3 Å². The van der Waals surface area contributed by atoms with E-state index in [-0.39, 0.29) is 6.61 Å². The molecule has 1 rings (SSSR count). The molecule has 1 amide bonds. The normalized spacial score (nSPS) is 13.8. The van der Waals surface area contributed by atoms with Crippen LogP contribution >= 0.6 is 11.6 Å². The maximum Gasteiger partial charge on any atom is 0.408 e. The Balaban J connectivity index is 2.99. The molecule has 2 atom stereocenters. The van der Waals surface area contributed by atoms with Gasteiger partial charge in [-0.3, -0.25) is 0 Å². The van der Waals surface area contributed by atoms with Crippen LogP contribution < -0.4 is 5.32 Å². The second kappa shape index (κ2) is 8.17. The summed E-state index contributed by atoms with van der Waals surface area (Å²) in [7, 11) is 0. The maximum atomic E-state index is 12.0. The van der Waals surface area contributed by atoms with Crippen molar-refractivity contribution in [1.29, 1.82) is 0 Å². The fourth-order valence-corrected chi connectivity index (χ4v) is 1.94. The summed E-state index contributed by atoms with van der Waals surface area (Å²) in [5.41, 5.74) is -0.204. The Morgan fingerprint density at radius 2 is 1.83 bits per heavy atom. The fraction of sp³-hybridized carbons (Fsp3) is 0.500. The van der Waals surface area contributed by atoms with Crippen LogP contribution in [-0.2, 0) is 14.3 Å². The van der Waals surface area contributed by atoms with Gasteiger partial charge in [-0.15, -0.1) is 0 Å². The number of alkyl carbamates (subject to hydrolysis) is 1. The van der Waals surface area contributed by atoms with E-state index >= 15 is 0 Å². The summed E-state index contributed by atoms with van der Waals surface area (Å²) in [6.45, 7) is 6.89. The van der Waals surface area contributed by atoms with E-state index in [9.17, 15) is 14.7 Å². The molecule has 1 aromatic rings. The zero-order valence-electron chi connectivity index (χ0n) is 13.6. The molecule has 0 saturated carbocycles. The molecule has 0 aromatic heterocycles. The number of aliphatic hydroxyl groups is 1. The van der Waals surface area contributed by atoms with Crippen LogP contribution in [0.3, 0.4) is 0 Å².